The van der Waals surface area contributed by atoms with Crippen LogP contribution in [0.1, 0.15) is 18.4 Å². The van der Waals surface area contributed by atoms with Crippen LogP contribution in [-0.2, 0) is 11.3 Å². The number of carbonyl (C=O) groups excluding carboxylic acids is 1. The van der Waals surface area contributed by atoms with Crippen LogP contribution in [0.15, 0.2) is 18.2 Å². The topological polar surface area (TPSA) is 50.4 Å². The van der Waals surface area contributed by atoms with Crippen LogP contribution in [-0.4, -0.2) is 25.6 Å². The molecule has 1 atom stereocenters. The highest BCUT2D eigenvalue weighted by molar-refractivity contribution is 5.82. The van der Waals surface area contributed by atoms with E-state index in [-0.39, 0.29) is 23.5 Å². The summed E-state index contributed by atoms with van der Waals surface area (Å²) < 4.78 is 18.8. The van der Waals surface area contributed by atoms with E-state index in [4.69, 9.17) is 4.74 Å². The summed E-state index contributed by atoms with van der Waals surface area (Å²) in [6.07, 6.45) is 1.74. The van der Waals surface area contributed by atoms with E-state index in [2.05, 4.69) is 10.6 Å². The molecule has 98 valence electrons. The smallest absolute Gasteiger partial charge is 0.237 e. The van der Waals surface area contributed by atoms with Gasteiger partial charge in [-0.3, -0.25) is 4.79 Å². The third-order valence-electron chi connectivity index (χ3n) is 3.09. The number of carbonyl (C=O) groups is 1. The van der Waals surface area contributed by atoms with E-state index in [0.29, 0.717) is 12.1 Å². The van der Waals surface area contributed by atoms with Crippen LogP contribution >= 0.6 is 0 Å². The Morgan fingerprint density at radius 3 is 3.11 bits per heavy atom. The molecule has 1 saturated heterocycles. The number of hydrogen-bond acceptors (Lipinski definition) is 3. The van der Waals surface area contributed by atoms with Gasteiger partial charge in [0.2, 0.25) is 5.91 Å². The third kappa shape index (κ3) is 2.79. The summed E-state index contributed by atoms with van der Waals surface area (Å²) in [6.45, 7) is 1.05. The molecular formula is C13H17FN2O2. The molecule has 0 spiro atoms. The molecular weight excluding hydrogens is 235 g/mol. The summed E-state index contributed by atoms with van der Waals surface area (Å²) in [7, 11) is 1.43. The number of amides is 1. The average Bonchev–Trinajstić information content (AvgIpc) is 2.39. The van der Waals surface area contributed by atoms with Crippen molar-refractivity contribution in [2.24, 2.45) is 0 Å². The average molecular weight is 252 g/mol. The summed E-state index contributed by atoms with van der Waals surface area (Å²) >= 11 is 0. The van der Waals surface area contributed by atoms with Gasteiger partial charge in [0, 0.05) is 18.7 Å². The predicted molar refractivity (Wildman–Crippen MR) is 65.8 cm³/mol. The lowest BCUT2D eigenvalue weighted by atomic mass is 10.1. The van der Waals surface area contributed by atoms with Crippen molar-refractivity contribution in [2.45, 2.75) is 25.4 Å². The summed E-state index contributed by atoms with van der Waals surface area (Å²) in [5.74, 6) is -0.157. The van der Waals surface area contributed by atoms with Crippen molar-refractivity contribution >= 4 is 5.91 Å². The number of benzene rings is 1. The highest BCUT2D eigenvalue weighted by atomic mass is 19.1. The van der Waals surface area contributed by atoms with Crippen LogP contribution in [0.3, 0.4) is 0 Å². The molecule has 0 bridgehead atoms. The lowest BCUT2D eigenvalue weighted by molar-refractivity contribution is -0.124. The first kappa shape index (κ1) is 12.8. The number of halogens is 1. The zero-order chi connectivity index (χ0) is 13.0. The SMILES string of the molecule is COc1cccc(CNC2CCCNC2=O)c1F. The number of piperidine rings is 1. The quantitative estimate of drug-likeness (QED) is 0.846. The number of hydrogen-bond donors (Lipinski definition) is 2. The Bertz CT molecular complexity index is 437. The van der Waals surface area contributed by atoms with Gasteiger partial charge in [0.05, 0.1) is 13.2 Å². The summed E-state index contributed by atoms with van der Waals surface area (Å²) in [5, 5.41) is 5.86. The monoisotopic (exact) mass is 252 g/mol. The fourth-order valence-electron chi connectivity index (χ4n) is 2.05. The molecule has 0 radical (unpaired) electrons. The molecule has 0 aliphatic carbocycles. The minimum atomic E-state index is -0.372. The van der Waals surface area contributed by atoms with E-state index >= 15 is 0 Å². The molecule has 2 rings (SSSR count). The van der Waals surface area contributed by atoms with Crippen molar-refractivity contribution in [3.63, 3.8) is 0 Å². The van der Waals surface area contributed by atoms with Crippen molar-refractivity contribution in [3.8, 4) is 5.75 Å². The van der Waals surface area contributed by atoms with Crippen LogP contribution in [0.4, 0.5) is 4.39 Å². The Labute approximate surface area is 106 Å². The van der Waals surface area contributed by atoms with Gasteiger partial charge in [-0.2, -0.15) is 0 Å². The molecule has 1 fully saturated rings. The first-order valence-electron chi connectivity index (χ1n) is 6.05. The maximum Gasteiger partial charge on any atom is 0.237 e. The maximum atomic E-state index is 13.9. The van der Waals surface area contributed by atoms with E-state index < -0.39 is 0 Å². The number of methoxy groups -OCH3 is 1. The molecule has 1 aromatic carbocycles. The van der Waals surface area contributed by atoms with Gasteiger partial charge >= 0.3 is 0 Å². The Hall–Kier alpha value is -1.62. The van der Waals surface area contributed by atoms with Gasteiger partial charge < -0.3 is 15.4 Å². The summed E-state index contributed by atoms with van der Waals surface area (Å²) in [6, 6.07) is 4.77. The molecule has 1 heterocycles. The Morgan fingerprint density at radius 1 is 1.56 bits per heavy atom. The molecule has 0 saturated carbocycles. The van der Waals surface area contributed by atoms with Crippen LogP contribution < -0.4 is 15.4 Å². The van der Waals surface area contributed by atoms with Crippen LogP contribution in [0, 0.1) is 5.82 Å². The van der Waals surface area contributed by atoms with E-state index in [9.17, 15) is 9.18 Å². The second-order valence-electron chi connectivity index (χ2n) is 4.30. The second-order valence-corrected chi connectivity index (χ2v) is 4.30. The highest BCUT2D eigenvalue weighted by Gasteiger charge is 2.21. The van der Waals surface area contributed by atoms with Crippen molar-refractivity contribution < 1.29 is 13.9 Å². The summed E-state index contributed by atoms with van der Waals surface area (Å²) in [4.78, 5) is 11.5. The number of nitrogens with one attached hydrogen (secondary N) is 2. The minimum Gasteiger partial charge on any atom is -0.494 e. The standard InChI is InChI=1S/C13H17FN2O2/c1-18-11-6-2-4-9(12(11)14)8-16-10-5-3-7-15-13(10)17/h2,4,6,10,16H,3,5,7-8H2,1H3,(H,15,17). The van der Waals surface area contributed by atoms with Gasteiger partial charge in [0.1, 0.15) is 0 Å². The van der Waals surface area contributed by atoms with Gasteiger partial charge in [-0.1, -0.05) is 12.1 Å². The van der Waals surface area contributed by atoms with Gasteiger partial charge in [0.25, 0.3) is 0 Å². The molecule has 1 aliphatic rings. The van der Waals surface area contributed by atoms with Crippen molar-refractivity contribution in [3.05, 3.63) is 29.6 Å². The second kappa shape index (κ2) is 5.82. The van der Waals surface area contributed by atoms with Gasteiger partial charge in [-0.25, -0.2) is 4.39 Å². The van der Waals surface area contributed by atoms with Crippen LogP contribution in [0.2, 0.25) is 0 Å². The molecule has 4 nitrogen and oxygen atoms in total. The molecule has 5 heteroatoms. The molecule has 0 aromatic heterocycles. The fourth-order valence-corrected chi connectivity index (χ4v) is 2.05. The maximum absolute atomic E-state index is 13.9. The zero-order valence-corrected chi connectivity index (χ0v) is 10.3. The Balaban J connectivity index is 1.99. The predicted octanol–water partition coefficient (Wildman–Crippen LogP) is 1.20. The van der Waals surface area contributed by atoms with Gasteiger partial charge in [-0.05, 0) is 18.9 Å². The molecule has 1 aromatic rings. The fraction of sp³-hybridized carbons (Fsp3) is 0.462. The first-order chi connectivity index (χ1) is 8.72. The van der Waals surface area contributed by atoms with E-state index in [1.807, 2.05) is 0 Å². The minimum absolute atomic E-state index is 0.00967. The van der Waals surface area contributed by atoms with Crippen LogP contribution in [0.25, 0.3) is 0 Å². The number of rotatable bonds is 4. The zero-order valence-electron chi connectivity index (χ0n) is 10.3. The molecule has 18 heavy (non-hydrogen) atoms. The number of ether oxygens (including phenoxy) is 1. The Morgan fingerprint density at radius 2 is 2.39 bits per heavy atom. The van der Waals surface area contributed by atoms with Crippen LogP contribution in [0.5, 0.6) is 5.75 Å². The van der Waals surface area contributed by atoms with E-state index in [1.54, 1.807) is 18.2 Å². The van der Waals surface area contributed by atoms with Crippen molar-refractivity contribution in [1.29, 1.82) is 0 Å². The first-order valence-corrected chi connectivity index (χ1v) is 6.05. The van der Waals surface area contributed by atoms with Gasteiger partial charge in [-0.15, -0.1) is 0 Å². The largest absolute Gasteiger partial charge is 0.494 e. The van der Waals surface area contributed by atoms with Crippen molar-refractivity contribution in [1.82, 2.24) is 10.6 Å². The van der Waals surface area contributed by atoms with E-state index in [1.165, 1.54) is 7.11 Å². The molecule has 2 N–H and O–H groups in total. The lowest BCUT2D eigenvalue weighted by Gasteiger charge is -2.23. The third-order valence-corrected chi connectivity index (χ3v) is 3.09. The lowest BCUT2D eigenvalue weighted by Crippen LogP contribution is -2.47. The van der Waals surface area contributed by atoms with Gasteiger partial charge in [0.15, 0.2) is 11.6 Å². The van der Waals surface area contributed by atoms with Crippen molar-refractivity contribution in [2.75, 3.05) is 13.7 Å². The molecule has 1 amide bonds. The van der Waals surface area contributed by atoms with E-state index in [0.717, 1.165) is 19.4 Å². The molecule has 1 aliphatic heterocycles. The highest BCUT2D eigenvalue weighted by Crippen LogP contribution is 2.20. The molecule has 1 unspecified atom stereocenters. The summed E-state index contributed by atoms with van der Waals surface area (Å²) in [5.41, 5.74) is 0.507. The normalized spacial score (nSPS) is 19.4. The Kier molecular flexibility index (Phi) is 4.15.